The van der Waals surface area contributed by atoms with Gasteiger partial charge in [0.1, 0.15) is 0 Å². The Hall–Kier alpha value is -3.81. The number of ether oxygens (including phenoxy) is 4. The minimum Gasteiger partial charge on any atom is -0.456 e. The van der Waals surface area contributed by atoms with Gasteiger partial charge in [0, 0.05) is 27.7 Å². The number of hydrogen-bond donors (Lipinski definition) is 2. The van der Waals surface area contributed by atoms with Crippen molar-refractivity contribution < 1.29 is 38.1 Å². The number of aromatic amines is 1. The Labute approximate surface area is 180 Å². The van der Waals surface area contributed by atoms with E-state index in [2.05, 4.69) is 20.3 Å². The summed E-state index contributed by atoms with van der Waals surface area (Å²) in [4.78, 5) is 69.3. The van der Waals surface area contributed by atoms with E-state index in [1.54, 1.807) is 0 Å². The zero-order valence-electron chi connectivity index (χ0n) is 17.6. The van der Waals surface area contributed by atoms with Crippen LogP contribution in [0.1, 0.15) is 33.9 Å². The number of esters is 3. The van der Waals surface area contributed by atoms with E-state index in [-0.39, 0.29) is 23.7 Å². The van der Waals surface area contributed by atoms with Gasteiger partial charge in [0.25, 0.3) is 5.56 Å². The summed E-state index contributed by atoms with van der Waals surface area (Å²) in [5, 5.41) is 2.36. The fraction of sp³-hybridized carbons (Fsp3) is 0.500. The topological polar surface area (TPSA) is 181 Å². The normalized spacial score (nSPS) is 22.8. The summed E-state index contributed by atoms with van der Waals surface area (Å²) >= 11 is 0. The summed E-state index contributed by atoms with van der Waals surface area (Å²) in [7, 11) is 0. The molecule has 0 spiro atoms. The fourth-order valence-electron chi connectivity index (χ4n) is 3.30. The van der Waals surface area contributed by atoms with Gasteiger partial charge in [-0.25, -0.2) is 4.98 Å². The maximum atomic E-state index is 12.3. The average molecular weight is 451 g/mol. The van der Waals surface area contributed by atoms with E-state index in [4.69, 9.17) is 18.9 Å². The van der Waals surface area contributed by atoms with E-state index in [1.807, 2.05) is 0 Å². The van der Waals surface area contributed by atoms with Crippen LogP contribution in [-0.4, -0.2) is 68.3 Å². The first kappa shape index (κ1) is 22.9. The van der Waals surface area contributed by atoms with Gasteiger partial charge in [0.2, 0.25) is 11.9 Å². The van der Waals surface area contributed by atoms with Crippen LogP contribution in [0.15, 0.2) is 11.1 Å². The van der Waals surface area contributed by atoms with Crippen molar-refractivity contribution in [1.82, 2.24) is 19.5 Å². The second-order valence-corrected chi connectivity index (χ2v) is 6.94. The molecule has 3 rings (SSSR count). The second-order valence-electron chi connectivity index (χ2n) is 6.94. The fourth-order valence-corrected chi connectivity index (χ4v) is 3.30. The van der Waals surface area contributed by atoms with E-state index >= 15 is 0 Å². The Morgan fingerprint density at radius 3 is 2.28 bits per heavy atom. The molecule has 1 amide bonds. The second kappa shape index (κ2) is 9.13. The number of anilines is 1. The van der Waals surface area contributed by atoms with Gasteiger partial charge in [0.15, 0.2) is 35.7 Å². The number of hydrogen-bond acceptors (Lipinski definition) is 11. The number of rotatable bonds is 5. The smallest absolute Gasteiger partial charge is 0.303 e. The highest BCUT2D eigenvalue weighted by Gasteiger charge is 2.48. The molecule has 0 saturated carbocycles. The molecule has 0 radical (unpaired) electrons. The molecule has 0 aromatic carbocycles. The highest BCUT2D eigenvalue weighted by Crippen LogP contribution is 2.32. The molecule has 4 atom stereocenters. The Kier molecular flexibility index (Phi) is 6.53. The first-order chi connectivity index (χ1) is 15.1. The molecule has 3 heterocycles. The number of fused-ring (bicyclic) bond motifs is 1. The van der Waals surface area contributed by atoms with Gasteiger partial charge in [-0.05, 0) is 0 Å². The number of nitrogens with one attached hydrogen (secondary N) is 2. The minimum absolute atomic E-state index is 0.00663. The van der Waals surface area contributed by atoms with Crippen LogP contribution in [0.2, 0.25) is 0 Å². The maximum absolute atomic E-state index is 12.3. The molecule has 0 aliphatic carbocycles. The first-order valence-electron chi connectivity index (χ1n) is 9.44. The van der Waals surface area contributed by atoms with Gasteiger partial charge in [0.05, 0.1) is 12.9 Å². The summed E-state index contributed by atoms with van der Waals surface area (Å²) in [6, 6.07) is 0. The molecule has 2 aromatic rings. The van der Waals surface area contributed by atoms with Gasteiger partial charge in [-0.15, -0.1) is 0 Å². The van der Waals surface area contributed by atoms with Crippen LogP contribution in [0.4, 0.5) is 5.95 Å². The number of H-pyrrole nitrogens is 1. The van der Waals surface area contributed by atoms with E-state index in [9.17, 15) is 24.0 Å². The number of nitrogens with zero attached hydrogens (tertiary/aromatic N) is 3. The number of aromatic nitrogens is 4. The lowest BCUT2D eigenvalue weighted by molar-refractivity contribution is -0.239. The molecule has 1 saturated heterocycles. The van der Waals surface area contributed by atoms with Crippen LogP contribution in [0.25, 0.3) is 11.2 Å². The van der Waals surface area contributed by atoms with E-state index in [1.165, 1.54) is 24.7 Å². The van der Waals surface area contributed by atoms with Crippen molar-refractivity contribution in [1.29, 1.82) is 0 Å². The third-order valence-corrected chi connectivity index (χ3v) is 4.32. The minimum atomic E-state index is -1.28. The largest absolute Gasteiger partial charge is 0.456 e. The molecule has 1 aliphatic heterocycles. The molecule has 1 fully saturated rings. The van der Waals surface area contributed by atoms with E-state index < -0.39 is 53.9 Å². The van der Waals surface area contributed by atoms with E-state index in [0.29, 0.717) is 0 Å². The maximum Gasteiger partial charge on any atom is 0.303 e. The third kappa shape index (κ3) is 4.91. The van der Waals surface area contributed by atoms with E-state index in [0.717, 1.165) is 13.8 Å². The number of carbonyl (C=O) groups is 4. The van der Waals surface area contributed by atoms with Gasteiger partial charge < -0.3 is 18.9 Å². The predicted molar refractivity (Wildman–Crippen MR) is 104 cm³/mol. The van der Waals surface area contributed by atoms with Crippen molar-refractivity contribution in [2.75, 3.05) is 11.9 Å². The highest BCUT2D eigenvalue weighted by atomic mass is 16.6. The summed E-state index contributed by atoms with van der Waals surface area (Å²) in [5.41, 5.74) is -0.700. The summed E-state index contributed by atoms with van der Waals surface area (Å²) in [6.45, 7) is 4.47. The lowest BCUT2D eigenvalue weighted by Crippen LogP contribution is -2.55. The molecule has 32 heavy (non-hydrogen) atoms. The molecule has 172 valence electrons. The molecule has 2 N–H and O–H groups in total. The molecular weight excluding hydrogens is 430 g/mol. The Morgan fingerprint density at radius 2 is 1.69 bits per heavy atom. The highest BCUT2D eigenvalue weighted by molar-refractivity contribution is 5.87. The Morgan fingerprint density at radius 1 is 1.06 bits per heavy atom. The quantitative estimate of drug-likeness (QED) is 0.437. The van der Waals surface area contributed by atoms with Gasteiger partial charge >= 0.3 is 17.9 Å². The van der Waals surface area contributed by atoms with Crippen LogP contribution in [0.3, 0.4) is 0 Å². The summed E-state index contributed by atoms with van der Waals surface area (Å²) in [6.07, 6.45) is -3.48. The van der Waals surface area contributed by atoms with Crippen molar-refractivity contribution in [3.63, 3.8) is 0 Å². The van der Waals surface area contributed by atoms with Crippen molar-refractivity contribution in [3.05, 3.63) is 16.7 Å². The van der Waals surface area contributed by atoms with Gasteiger partial charge in [-0.2, -0.15) is 4.98 Å². The van der Waals surface area contributed by atoms with Crippen molar-refractivity contribution in [3.8, 4) is 0 Å². The number of carbonyl (C=O) groups excluding carboxylic acids is 4. The zero-order valence-corrected chi connectivity index (χ0v) is 17.6. The zero-order chi connectivity index (χ0) is 23.6. The lowest BCUT2D eigenvalue weighted by atomic mass is 10.0. The molecule has 1 aliphatic rings. The predicted octanol–water partition coefficient (Wildman–Crippen LogP) is -0.598. The van der Waals surface area contributed by atoms with Crippen LogP contribution in [-0.2, 0) is 38.1 Å². The lowest BCUT2D eigenvalue weighted by Gasteiger charge is -2.40. The number of imidazole rings is 1. The molecule has 0 unspecified atom stereocenters. The molecule has 14 heteroatoms. The third-order valence-electron chi connectivity index (χ3n) is 4.32. The van der Waals surface area contributed by atoms with Crippen LogP contribution >= 0.6 is 0 Å². The van der Waals surface area contributed by atoms with Crippen molar-refractivity contribution >= 4 is 40.9 Å². The van der Waals surface area contributed by atoms with Gasteiger partial charge in [-0.1, -0.05) is 0 Å². The molecule has 0 bridgehead atoms. The van der Waals surface area contributed by atoms with Crippen LogP contribution in [0, 0.1) is 0 Å². The molecule has 14 nitrogen and oxygen atoms in total. The first-order valence-corrected chi connectivity index (χ1v) is 9.44. The van der Waals surface area contributed by atoms with Gasteiger partial charge in [-0.3, -0.25) is 38.8 Å². The van der Waals surface area contributed by atoms with Crippen molar-refractivity contribution in [2.24, 2.45) is 0 Å². The number of amides is 1. The molecular formula is C18H21N5O9. The van der Waals surface area contributed by atoms with Crippen molar-refractivity contribution in [2.45, 2.75) is 52.2 Å². The SMILES string of the molecule is CC(=O)Nc1nc2c(ncn2[C@@H]2OC[C@@H](OC(C)=O)[C@@H](OC(C)=O)[C@@H]2OC(C)=O)c(=O)[nH]1. The Balaban J connectivity index is 2.09. The van der Waals surface area contributed by atoms with Crippen LogP contribution in [0.5, 0.6) is 0 Å². The van der Waals surface area contributed by atoms with Crippen LogP contribution < -0.4 is 10.9 Å². The monoisotopic (exact) mass is 451 g/mol. The summed E-state index contributed by atoms with van der Waals surface area (Å²) in [5.74, 6) is -2.69. The molecule has 2 aromatic heterocycles. The standard InChI is InChI=1S/C18H21N5O9/c1-7(24)20-18-21-15-12(16(28)22-18)19-6-23(15)17-14(32-10(4)27)13(31-9(3)26)11(5-29-17)30-8(2)25/h6,11,13-14,17H,5H2,1-4H3,(H2,20,21,22,24,28)/t11-,13-,14+,17-/m1/s1. The summed E-state index contributed by atoms with van der Waals surface area (Å²) < 4.78 is 22.9. The Bertz CT molecular complexity index is 1120. The average Bonchev–Trinajstić information content (AvgIpc) is 3.07.